The maximum atomic E-state index is 11.0. The molecule has 2 heterocycles. The average molecular weight is 352 g/mol. The van der Waals surface area contributed by atoms with Crippen LogP contribution in [0, 0.1) is 0 Å². The zero-order valence-corrected chi connectivity index (χ0v) is 14.6. The van der Waals surface area contributed by atoms with Crippen LogP contribution in [0.15, 0.2) is 54.7 Å². The number of carbonyl (C=O) groups excluding carboxylic acids is 1. The smallest absolute Gasteiger partial charge is 0.267 e. The molecular formula is C20H24N4O2. The molecule has 2 aromatic rings. The second-order valence-corrected chi connectivity index (χ2v) is 6.47. The molecule has 26 heavy (non-hydrogen) atoms. The summed E-state index contributed by atoms with van der Waals surface area (Å²) in [6.45, 7) is 3.15. The van der Waals surface area contributed by atoms with E-state index in [1.165, 1.54) is 11.6 Å². The second-order valence-electron chi connectivity index (χ2n) is 6.47. The molecule has 1 aromatic heterocycles. The first-order valence-electron chi connectivity index (χ1n) is 8.84. The Hall–Kier alpha value is -2.70. The predicted octanol–water partition coefficient (Wildman–Crippen LogP) is 2.68. The first-order valence-corrected chi connectivity index (χ1v) is 8.84. The van der Waals surface area contributed by atoms with Crippen molar-refractivity contribution in [3.05, 3.63) is 65.9 Å². The van der Waals surface area contributed by atoms with Gasteiger partial charge in [0.1, 0.15) is 5.82 Å². The normalized spacial score (nSPS) is 15.9. The maximum absolute atomic E-state index is 11.0. The maximum Gasteiger partial charge on any atom is 0.267 e. The predicted molar refractivity (Wildman–Crippen MR) is 102 cm³/mol. The molecule has 0 atom stereocenters. The molecule has 6 heteroatoms. The van der Waals surface area contributed by atoms with E-state index in [0.29, 0.717) is 6.04 Å². The Morgan fingerprint density at radius 2 is 1.96 bits per heavy atom. The molecule has 0 saturated carbocycles. The van der Waals surface area contributed by atoms with Gasteiger partial charge in [-0.1, -0.05) is 30.3 Å². The lowest BCUT2D eigenvalue weighted by Gasteiger charge is -2.32. The van der Waals surface area contributed by atoms with E-state index in [9.17, 15) is 4.79 Å². The van der Waals surface area contributed by atoms with Crippen LogP contribution in [0.4, 0.5) is 5.82 Å². The number of likely N-dealkylation sites (tertiary alicyclic amines) is 1. The van der Waals surface area contributed by atoms with Gasteiger partial charge in [0.2, 0.25) is 0 Å². The van der Waals surface area contributed by atoms with E-state index in [0.717, 1.165) is 43.9 Å². The molecule has 0 spiro atoms. The summed E-state index contributed by atoms with van der Waals surface area (Å²) in [5, 5.41) is 11.9. The largest absolute Gasteiger partial charge is 0.367 e. The number of piperidine rings is 1. The Morgan fingerprint density at radius 1 is 1.19 bits per heavy atom. The quantitative estimate of drug-likeness (QED) is 0.423. The number of nitrogens with one attached hydrogen (secondary N) is 2. The van der Waals surface area contributed by atoms with Crippen LogP contribution in [-0.2, 0) is 11.3 Å². The van der Waals surface area contributed by atoms with E-state index >= 15 is 0 Å². The number of carbonyl (C=O) groups is 1. The van der Waals surface area contributed by atoms with Crippen LogP contribution in [0.25, 0.3) is 6.08 Å². The first-order chi connectivity index (χ1) is 12.7. The molecule has 1 aliphatic rings. The van der Waals surface area contributed by atoms with Crippen LogP contribution in [0.5, 0.6) is 0 Å². The molecule has 0 aliphatic carbocycles. The zero-order valence-electron chi connectivity index (χ0n) is 14.6. The van der Waals surface area contributed by atoms with E-state index in [2.05, 4.69) is 45.5 Å². The summed E-state index contributed by atoms with van der Waals surface area (Å²) >= 11 is 0. The number of nitrogens with zero attached hydrogens (tertiary/aromatic N) is 2. The molecule has 1 aromatic carbocycles. The highest BCUT2D eigenvalue weighted by Gasteiger charge is 2.19. The molecule has 1 aliphatic heterocycles. The number of benzene rings is 1. The van der Waals surface area contributed by atoms with Crippen LogP contribution in [-0.4, -0.2) is 40.1 Å². The lowest BCUT2D eigenvalue weighted by atomic mass is 10.0. The second kappa shape index (κ2) is 9.12. The Bertz CT molecular complexity index is 723. The van der Waals surface area contributed by atoms with Crippen LogP contribution in [0.3, 0.4) is 0 Å². The van der Waals surface area contributed by atoms with E-state index in [1.807, 2.05) is 12.1 Å². The van der Waals surface area contributed by atoms with Gasteiger partial charge in [-0.05, 0) is 42.2 Å². The van der Waals surface area contributed by atoms with Crippen molar-refractivity contribution >= 4 is 17.8 Å². The minimum Gasteiger partial charge on any atom is -0.367 e. The summed E-state index contributed by atoms with van der Waals surface area (Å²) in [5.41, 5.74) is 3.72. The molecule has 0 radical (unpaired) electrons. The molecule has 1 amide bonds. The van der Waals surface area contributed by atoms with Crippen LogP contribution in [0.1, 0.15) is 24.0 Å². The molecule has 0 bridgehead atoms. The molecule has 6 nitrogen and oxygen atoms in total. The Kier molecular flexibility index (Phi) is 6.35. The molecular weight excluding hydrogens is 328 g/mol. The lowest BCUT2D eigenvalue weighted by Crippen LogP contribution is -2.38. The topological polar surface area (TPSA) is 77.5 Å². The minimum atomic E-state index is -0.561. The van der Waals surface area contributed by atoms with Gasteiger partial charge in [-0.15, -0.1) is 0 Å². The number of rotatable bonds is 6. The number of amides is 1. The molecule has 136 valence electrons. The summed E-state index contributed by atoms with van der Waals surface area (Å²) in [7, 11) is 0. The minimum absolute atomic E-state index is 0.427. The van der Waals surface area contributed by atoms with Crippen molar-refractivity contribution in [3.8, 4) is 0 Å². The number of hydroxylamine groups is 1. The third-order valence-electron chi connectivity index (χ3n) is 4.51. The van der Waals surface area contributed by atoms with Gasteiger partial charge in [0, 0.05) is 37.9 Å². The van der Waals surface area contributed by atoms with Crippen molar-refractivity contribution in [2.75, 3.05) is 18.4 Å². The number of hydrogen-bond acceptors (Lipinski definition) is 5. The highest BCUT2D eigenvalue weighted by Crippen LogP contribution is 2.17. The highest BCUT2D eigenvalue weighted by molar-refractivity contribution is 5.90. The summed E-state index contributed by atoms with van der Waals surface area (Å²) < 4.78 is 0. The van der Waals surface area contributed by atoms with Gasteiger partial charge >= 0.3 is 0 Å². The average Bonchev–Trinajstić information content (AvgIpc) is 2.69. The molecule has 1 saturated heterocycles. The fourth-order valence-corrected chi connectivity index (χ4v) is 3.08. The molecule has 0 unspecified atom stereocenters. The van der Waals surface area contributed by atoms with Crippen LogP contribution < -0.4 is 10.8 Å². The summed E-state index contributed by atoms with van der Waals surface area (Å²) in [5.74, 6) is 0.282. The van der Waals surface area contributed by atoms with Crippen molar-refractivity contribution in [3.63, 3.8) is 0 Å². The monoisotopic (exact) mass is 352 g/mol. The summed E-state index contributed by atoms with van der Waals surface area (Å²) in [6, 6.07) is 14.8. The third-order valence-corrected chi connectivity index (χ3v) is 4.51. The van der Waals surface area contributed by atoms with Gasteiger partial charge in [0.05, 0.1) is 0 Å². The van der Waals surface area contributed by atoms with Crippen LogP contribution >= 0.6 is 0 Å². The third kappa shape index (κ3) is 5.40. The van der Waals surface area contributed by atoms with E-state index in [4.69, 9.17) is 5.21 Å². The van der Waals surface area contributed by atoms with Crippen molar-refractivity contribution in [1.29, 1.82) is 0 Å². The van der Waals surface area contributed by atoms with Crippen LogP contribution in [0.2, 0.25) is 0 Å². The Morgan fingerprint density at radius 3 is 2.62 bits per heavy atom. The molecule has 3 rings (SSSR count). The summed E-state index contributed by atoms with van der Waals surface area (Å²) in [6.07, 6.45) is 6.74. The van der Waals surface area contributed by atoms with Gasteiger partial charge < -0.3 is 5.32 Å². The number of hydrogen-bond donors (Lipinski definition) is 3. The molecule has 1 fully saturated rings. The van der Waals surface area contributed by atoms with Gasteiger partial charge in [-0.2, -0.15) is 0 Å². The number of pyridine rings is 1. The van der Waals surface area contributed by atoms with Crippen molar-refractivity contribution in [1.82, 2.24) is 15.4 Å². The van der Waals surface area contributed by atoms with Crippen molar-refractivity contribution in [2.45, 2.75) is 25.4 Å². The first kappa shape index (κ1) is 18.1. The van der Waals surface area contributed by atoms with Gasteiger partial charge in [0.15, 0.2) is 0 Å². The highest BCUT2D eigenvalue weighted by atomic mass is 16.5. The van der Waals surface area contributed by atoms with Crippen molar-refractivity contribution < 1.29 is 10.0 Å². The lowest BCUT2D eigenvalue weighted by molar-refractivity contribution is -0.124. The van der Waals surface area contributed by atoms with Gasteiger partial charge in [-0.3, -0.25) is 14.9 Å². The van der Waals surface area contributed by atoms with E-state index < -0.39 is 5.91 Å². The number of anilines is 1. The fraction of sp³-hybridized carbons (Fsp3) is 0.300. The van der Waals surface area contributed by atoms with Gasteiger partial charge in [0.25, 0.3) is 5.91 Å². The van der Waals surface area contributed by atoms with E-state index in [1.54, 1.807) is 17.8 Å². The van der Waals surface area contributed by atoms with Gasteiger partial charge in [-0.25, -0.2) is 10.5 Å². The van der Waals surface area contributed by atoms with Crippen molar-refractivity contribution in [2.24, 2.45) is 0 Å². The standard InChI is InChI=1S/C20H24N4O2/c25-20(23-26)9-7-16-6-8-19(21-14-16)22-18-10-12-24(13-11-18)15-17-4-2-1-3-5-17/h1-9,14,18,26H,10-13,15H2,(H,21,22)(H,23,25). The fourth-order valence-electron chi connectivity index (χ4n) is 3.08. The Balaban J connectivity index is 1.45. The zero-order chi connectivity index (χ0) is 18.2. The summed E-state index contributed by atoms with van der Waals surface area (Å²) in [4.78, 5) is 17.9. The Labute approximate surface area is 153 Å². The SMILES string of the molecule is O=C(C=Cc1ccc(NC2CCN(Cc3ccccc3)CC2)nc1)NO. The number of aromatic nitrogens is 1. The van der Waals surface area contributed by atoms with E-state index in [-0.39, 0.29) is 0 Å². The molecule has 3 N–H and O–H groups in total.